The molecule has 94 valence electrons. The van der Waals surface area contributed by atoms with Crippen molar-refractivity contribution in [3.05, 3.63) is 41.9 Å². The van der Waals surface area contributed by atoms with Gasteiger partial charge in [0.2, 0.25) is 5.89 Å². The molecule has 0 fully saturated rings. The molecule has 1 N–H and O–H groups in total. The Morgan fingerprint density at radius 1 is 1.26 bits per heavy atom. The molecule has 6 nitrogen and oxygen atoms in total. The average molecular weight is 255 g/mol. The lowest BCUT2D eigenvalue weighted by Gasteiger charge is -1.93. The second kappa shape index (κ2) is 4.16. The third kappa shape index (κ3) is 2.03. The lowest BCUT2D eigenvalue weighted by molar-refractivity contribution is 0.0697. The van der Waals surface area contributed by atoms with E-state index in [-0.39, 0.29) is 5.56 Å². The predicted octanol–water partition coefficient (Wildman–Crippen LogP) is 2.29. The van der Waals surface area contributed by atoms with Gasteiger partial charge in [-0.3, -0.25) is 4.98 Å². The lowest BCUT2D eigenvalue weighted by Crippen LogP contribution is -1.94. The minimum absolute atomic E-state index is 0.169. The van der Waals surface area contributed by atoms with Crippen LogP contribution in [0.1, 0.15) is 16.1 Å². The quantitative estimate of drug-likeness (QED) is 0.755. The van der Waals surface area contributed by atoms with Crippen LogP contribution in [0.3, 0.4) is 0 Å². The van der Waals surface area contributed by atoms with E-state index in [1.807, 2.05) is 6.92 Å². The Bertz CT molecular complexity index is 762. The van der Waals surface area contributed by atoms with Crippen LogP contribution in [0.4, 0.5) is 0 Å². The molecular formula is C13H9N3O3. The summed E-state index contributed by atoms with van der Waals surface area (Å²) in [5.41, 5.74) is 2.48. The number of aryl methyl sites for hydroxylation is 1. The molecule has 6 heteroatoms. The molecule has 0 radical (unpaired) electrons. The highest BCUT2D eigenvalue weighted by Gasteiger charge is 2.12. The maximum Gasteiger partial charge on any atom is 0.335 e. The Morgan fingerprint density at radius 2 is 2.11 bits per heavy atom. The first-order chi connectivity index (χ1) is 9.13. The van der Waals surface area contributed by atoms with Gasteiger partial charge < -0.3 is 9.52 Å². The van der Waals surface area contributed by atoms with Crippen molar-refractivity contribution < 1.29 is 14.3 Å². The molecule has 0 saturated heterocycles. The highest BCUT2D eigenvalue weighted by molar-refractivity contribution is 5.92. The molecule has 0 amide bonds. The van der Waals surface area contributed by atoms with Crippen molar-refractivity contribution >= 4 is 17.1 Å². The summed E-state index contributed by atoms with van der Waals surface area (Å²) in [6.45, 7) is 1.84. The molecule has 0 spiro atoms. The number of aromatic carboxylic acids is 1. The molecule has 3 rings (SSSR count). The van der Waals surface area contributed by atoms with Gasteiger partial charge in [0.15, 0.2) is 5.58 Å². The second-order valence-electron chi connectivity index (χ2n) is 4.05. The Hall–Kier alpha value is -2.76. The fraction of sp³-hybridized carbons (Fsp3) is 0.0769. The van der Waals surface area contributed by atoms with E-state index in [4.69, 9.17) is 9.52 Å². The molecule has 0 aliphatic heterocycles. The second-order valence-corrected chi connectivity index (χ2v) is 4.05. The van der Waals surface area contributed by atoms with E-state index in [1.165, 1.54) is 12.1 Å². The van der Waals surface area contributed by atoms with Gasteiger partial charge in [0, 0.05) is 6.20 Å². The topological polar surface area (TPSA) is 89.1 Å². The van der Waals surface area contributed by atoms with Crippen LogP contribution in [0.5, 0.6) is 0 Å². The van der Waals surface area contributed by atoms with Crippen LogP contribution in [0.15, 0.2) is 35.0 Å². The summed E-state index contributed by atoms with van der Waals surface area (Å²) in [6, 6.07) is 4.52. The largest absolute Gasteiger partial charge is 0.478 e. The molecule has 3 aromatic rings. The lowest BCUT2D eigenvalue weighted by atomic mass is 10.2. The predicted molar refractivity (Wildman–Crippen MR) is 66.7 cm³/mol. The SMILES string of the molecule is Cc1cnc(-c2nc3cc(C(=O)O)ccc3o2)cn1. The maximum absolute atomic E-state index is 10.9. The minimum Gasteiger partial charge on any atom is -0.478 e. The third-order valence-corrected chi connectivity index (χ3v) is 2.63. The number of carboxylic acid groups (broad SMARTS) is 1. The number of hydrogen-bond acceptors (Lipinski definition) is 5. The zero-order valence-electron chi connectivity index (χ0n) is 9.99. The van der Waals surface area contributed by atoms with Crippen LogP contribution >= 0.6 is 0 Å². The summed E-state index contributed by atoms with van der Waals surface area (Å²) < 4.78 is 5.52. The van der Waals surface area contributed by atoms with Gasteiger partial charge in [0.05, 0.1) is 17.5 Å². The highest BCUT2D eigenvalue weighted by Crippen LogP contribution is 2.23. The summed E-state index contributed by atoms with van der Waals surface area (Å²) in [5.74, 6) is -0.674. The van der Waals surface area contributed by atoms with Crippen molar-refractivity contribution in [2.45, 2.75) is 6.92 Å². The molecule has 0 unspecified atom stereocenters. The van der Waals surface area contributed by atoms with Crippen LogP contribution in [0, 0.1) is 6.92 Å². The Balaban J connectivity index is 2.11. The van der Waals surface area contributed by atoms with Crippen molar-refractivity contribution in [1.29, 1.82) is 0 Å². The molecule has 2 heterocycles. The van der Waals surface area contributed by atoms with Crippen LogP contribution < -0.4 is 0 Å². The molecule has 0 aliphatic rings. The van der Waals surface area contributed by atoms with E-state index in [9.17, 15) is 4.79 Å². The van der Waals surface area contributed by atoms with Gasteiger partial charge in [-0.25, -0.2) is 14.8 Å². The number of fused-ring (bicyclic) bond motifs is 1. The number of carbonyl (C=O) groups is 1. The van der Waals surface area contributed by atoms with E-state index in [2.05, 4.69) is 15.0 Å². The van der Waals surface area contributed by atoms with E-state index in [1.54, 1.807) is 18.5 Å². The molecule has 0 aliphatic carbocycles. The van der Waals surface area contributed by atoms with E-state index in [0.717, 1.165) is 5.69 Å². The summed E-state index contributed by atoms with van der Waals surface area (Å²) in [5, 5.41) is 8.92. The zero-order chi connectivity index (χ0) is 13.4. The molecule has 19 heavy (non-hydrogen) atoms. The van der Waals surface area contributed by atoms with Crippen LogP contribution in [-0.4, -0.2) is 26.0 Å². The third-order valence-electron chi connectivity index (χ3n) is 2.63. The fourth-order valence-electron chi connectivity index (χ4n) is 1.67. The van der Waals surface area contributed by atoms with E-state index in [0.29, 0.717) is 22.7 Å². The number of nitrogens with zero attached hydrogens (tertiary/aromatic N) is 3. The van der Waals surface area contributed by atoms with Crippen molar-refractivity contribution in [3.63, 3.8) is 0 Å². The van der Waals surface area contributed by atoms with Crippen LogP contribution in [0.2, 0.25) is 0 Å². The van der Waals surface area contributed by atoms with Gasteiger partial charge in [-0.1, -0.05) is 0 Å². The van der Waals surface area contributed by atoms with Crippen LogP contribution in [0.25, 0.3) is 22.7 Å². The van der Waals surface area contributed by atoms with Crippen molar-refractivity contribution in [2.24, 2.45) is 0 Å². The van der Waals surface area contributed by atoms with E-state index >= 15 is 0 Å². The highest BCUT2D eigenvalue weighted by atomic mass is 16.4. The first kappa shape index (κ1) is 11.3. The first-order valence-electron chi connectivity index (χ1n) is 5.56. The fourth-order valence-corrected chi connectivity index (χ4v) is 1.67. The average Bonchev–Trinajstić information content (AvgIpc) is 2.82. The molecule has 2 aromatic heterocycles. The maximum atomic E-state index is 10.9. The van der Waals surface area contributed by atoms with Gasteiger partial charge in [-0.2, -0.15) is 0 Å². The molecular weight excluding hydrogens is 246 g/mol. The summed E-state index contributed by atoms with van der Waals surface area (Å²) in [6.07, 6.45) is 3.19. The van der Waals surface area contributed by atoms with Crippen molar-refractivity contribution in [3.8, 4) is 11.6 Å². The summed E-state index contributed by atoms with van der Waals surface area (Å²) in [7, 11) is 0. The first-order valence-corrected chi connectivity index (χ1v) is 5.56. The zero-order valence-corrected chi connectivity index (χ0v) is 9.99. The molecule has 0 atom stereocenters. The number of carboxylic acids is 1. The van der Waals surface area contributed by atoms with Gasteiger partial charge in [-0.15, -0.1) is 0 Å². The summed E-state index contributed by atoms with van der Waals surface area (Å²) in [4.78, 5) is 23.4. The van der Waals surface area contributed by atoms with Crippen molar-refractivity contribution in [2.75, 3.05) is 0 Å². The van der Waals surface area contributed by atoms with Gasteiger partial charge in [0.1, 0.15) is 11.2 Å². The number of benzene rings is 1. The van der Waals surface area contributed by atoms with Crippen molar-refractivity contribution in [1.82, 2.24) is 15.0 Å². The number of oxazole rings is 1. The normalized spacial score (nSPS) is 10.8. The van der Waals surface area contributed by atoms with Gasteiger partial charge in [-0.05, 0) is 25.1 Å². The number of aromatic nitrogens is 3. The Kier molecular flexibility index (Phi) is 2.49. The molecule has 0 saturated carbocycles. The standard InChI is InChI=1S/C13H9N3O3/c1-7-5-15-10(6-14-7)12-16-9-4-8(13(17)18)2-3-11(9)19-12/h2-6H,1H3,(H,17,18). The Morgan fingerprint density at radius 3 is 2.79 bits per heavy atom. The minimum atomic E-state index is -0.999. The summed E-state index contributed by atoms with van der Waals surface area (Å²) >= 11 is 0. The monoisotopic (exact) mass is 255 g/mol. The smallest absolute Gasteiger partial charge is 0.335 e. The number of rotatable bonds is 2. The number of hydrogen-bond donors (Lipinski definition) is 1. The van der Waals surface area contributed by atoms with E-state index < -0.39 is 5.97 Å². The molecule has 1 aromatic carbocycles. The van der Waals surface area contributed by atoms with Gasteiger partial charge >= 0.3 is 5.97 Å². The van der Waals surface area contributed by atoms with Gasteiger partial charge in [0.25, 0.3) is 0 Å². The Labute approximate surface area is 107 Å². The molecule has 0 bridgehead atoms. The van der Waals surface area contributed by atoms with Crippen LogP contribution in [-0.2, 0) is 0 Å².